The lowest BCUT2D eigenvalue weighted by atomic mass is 9.67. The molecule has 1 unspecified atom stereocenters. The second kappa shape index (κ2) is 6.54. The van der Waals surface area contributed by atoms with Crippen molar-refractivity contribution in [1.29, 1.82) is 0 Å². The van der Waals surface area contributed by atoms with Gasteiger partial charge in [0.1, 0.15) is 11.6 Å². The third kappa shape index (κ3) is 3.41. The summed E-state index contributed by atoms with van der Waals surface area (Å²) in [6.07, 6.45) is -2.93. The zero-order chi connectivity index (χ0) is 18.2. The number of carbonyl (C=O) groups excluding carboxylic acids is 1. The summed E-state index contributed by atoms with van der Waals surface area (Å²) in [4.78, 5) is 15.6. The Morgan fingerprint density at radius 1 is 1.08 bits per heavy atom. The summed E-state index contributed by atoms with van der Waals surface area (Å²) < 4.78 is 66.7. The molecular weight excluding hydrogens is 341 g/mol. The maximum Gasteiger partial charge on any atom is 0.434 e. The minimum Gasteiger partial charge on any atom is -0.294 e. The number of carbonyl (C=O) groups is 1. The number of Topliss-reactive ketones (excluding diaryl/α,β-unsaturated/α-hetero) is 1. The number of rotatable bonds is 4. The number of halogens is 5. The summed E-state index contributed by atoms with van der Waals surface area (Å²) in [5.74, 6) is -3.00. The van der Waals surface area contributed by atoms with Gasteiger partial charge >= 0.3 is 6.18 Å². The molecule has 3 rings (SSSR count). The maximum absolute atomic E-state index is 13.9. The van der Waals surface area contributed by atoms with E-state index in [9.17, 15) is 26.7 Å². The van der Waals surface area contributed by atoms with Gasteiger partial charge in [-0.25, -0.2) is 8.78 Å². The van der Waals surface area contributed by atoms with Crippen molar-refractivity contribution < 1.29 is 26.7 Å². The lowest BCUT2D eigenvalue weighted by molar-refractivity contribution is -0.141. The van der Waals surface area contributed by atoms with E-state index < -0.39 is 40.8 Å². The molecule has 1 aromatic heterocycles. The highest BCUT2D eigenvalue weighted by molar-refractivity contribution is 5.97. The molecule has 0 amide bonds. The summed E-state index contributed by atoms with van der Waals surface area (Å²) >= 11 is 0. The number of aromatic nitrogens is 1. The van der Waals surface area contributed by atoms with Crippen molar-refractivity contribution in [3.8, 4) is 0 Å². The van der Waals surface area contributed by atoms with Crippen LogP contribution in [0.5, 0.6) is 0 Å². The van der Waals surface area contributed by atoms with Crippen LogP contribution in [-0.2, 0) is 6.18 Å². The molecule has 0 spiro atoms. The highest BCUT2D eigenvalue weighted by Gasteiger charge is 2.40. The molecule has 2 nitrogen and oxygen atoms in total. The average molecular weight is 355 g/mol. The lowest BCUT2D eigenvalue weighted by Gasteiger charge is -2.37. The standard InChI is InChI=1S/C18H14F5NO/c19-13-4-1-5-14(20)16(13)11-7-6-10(11)9-15(25)12-3-2-8-24-17(12)18(21,22)23/h1-5,8,10-11H,6-7,9H2/t10-,11?/m1/s1. The molecule has 1 aliphatic rings. The Balaban J connectivity index is 1.81. The predicted molar refractivity (Wildman–Crippen MR) is 80.0 cm³/mol. The second-order valence-electron chi connectivity index (χ2n) is 6.10. The minimum absolute atomic E-state index is 0.0891. The van der Waals surface area contributed by atoms with E-state index in [4.69, 9.17) is 0 Å². The number of pyridine rings is 1. The number of hydrogen-bond donors (Lipinski definition) is 0. The number of alkyl halides is 3. The van der Waals surface area contributed by atoms with Gasteiger partial charge in [-0.05, 0) is 48.9 Å². The molecule has 1 aromatic carbocycles. The van der Waals surface area contributed by atoms with Gasteiger partial charge in [-0.2, -0.15) is 13.2 Å². The molecule has 132 valence electrons. The third-order valence-electron chi connectivity index (χ3n) is 4.61. The molecule has 0 aliphatic heterocycles. The van der Waals surface area contributed by atoms with Crippen molar-refractivity contribution in [2.24, 2.45) is 5.92 Å². The summed E-state index contributed by atoms with van der Waals surface area (Å²) in [6.45, 7) is 0. The van der Waals surface area contributed by atoms with Crippen molar-refractivity contribution in [2.75, 3.05) is 0 Å². The van der Waals surface area contributed by atoms with Crippen LogP contribution in [0.3, 0.4) is 0 Å². The zero-order valence-electron chi connectivity index (χ0n) is 13.0. The fraction of sp³-hybridized carbons (Fsp3) is 0.333. The van der Waals surface area contributed by atoms with Crippen LogP contribution < -0.4 is 0 Å². The molecule has 0 saturated heterocycles. The SMILES string of the molecule is O=C(C[C@H]1CCC1c1c(F)cccc1F)c1cccnc1C(F)(F)F. The van der Waals surface area contributed by atoms with E-state index in [1.807, 2.05) is 0 Å². The van der Waals surface area contributed by atoms with E-state index in [1.165, 1.54) is 12.1 Å². The molecule has 2 aromatic rings. The van der Waals surface area contributed by atoms with Gasteiger partial charge in [0.2, 0.25) is 0 Å². The number of nitrogens with zero attached hydrogens (tertiary/aromatic N) is 1. The molecule has 0 N–H and O–H groups in total. The van der Waals surface area contributed by atoms with E-state index >= 15 is 0 Å². The summed E-state index contributed by atoms with van der Waals surface area (Å²) in [5, 5.41) is 0. The molecule has 0 radical (unpaired) electrons. The maximum atomic E-state index is 13.9. The van der Waals surface area contributed by atoms with Crippen LogP contribution >= 0.6 is 0 Å². The van der Waals surface area contributed by atoms with Crippen molar-refractivity contribution in [3.05, 3.63) is 65.0 Å². The number of hydrogen-bond acceptors (Lipinski definition) is 2. The van der Waals surface area contributed by atoms with Crippen molar-refractivity contribution in [1.82, 2.24) is 4.98 Å². The number of ketones is 1. The summed E-state index contributed by atoms with van der Waals surface area (Å²) in [7, 11) is 0. The van der Waals surface area contributed by atoms with Crippen LogP contribution in [-0.4, -0.2) is 10.8 Å². The first-order valence-corrected chi connectivity index (χ1v) is 7.78. The molecular formula is C18H14F5NO. The minimum atomic E-state index is -4.73. The largest absolute Gasteiger partial charge is 0.434 e. The van der Waals surface area contributed by atoms with Gasteiger partial charge in [-0.1, -0.05) is 6.07 Å². The van der Waals surface area contributed by atoms with E-state index in [0.29, 0.717) is 12.8 Å². The fourth-order valence-electron chi connectivity index (χ4n) is 3.26. The quantitative estimate of drug-likeness (QED) is 0.561. The van der Waals surface area contributed by atoms with Gasteiger partial charge in [0.05, 0.1) is 0 Å². The Kier molecular flexibility index (Phi) is 4.58. The zero-order valence-corrected chi connectivity index (χ0v) is 13.0. The molecule has 0 bridgehead atoms. The van der Waals surface area contributed by atoms with Crippen LogP contribution in [0.25, 0.3) is 0 Å². The normalized spacial score (nSPS) is 20.2. The van der Waals surface area contributed by atoms with Gasteiger partial charge in [0, 0.05) is 23.7 Å². The summed E-state index contributed by atoms with van der Waals surface area (Å²) in [5.41, 5.74) is -1.82. The Morgan fingerprint density at radius 3 is 2.32 bits per heavy atom. The van der Waals surface area contributed by atoms with E-state index in [-0.39, 0.29) is 17.9 Å². The first-order chi connectivity index (χ1) is 11.8. The van der Waals surface area contributed by atoms with E-state index in [0.717, 1.165) is 24.4 Å². The van der Waals surface area contributed by atoms with Gasteiger partial charge in [0.15, 0.2) is 11.5 Å². The highest BCUT2D eigenvalue weighted by Crippen LogP contribution is 2.46. The van der Waals surface area contributed by atoms with E-state index in [2.05, 4.69) is 4.98 Å². The summed E-state index contributed by atoms with van der Waals surface area (Å²) in [6, 6.07) is 5.86. The van der Waals surface area contributed by atoms with Gasteiger partial charge in [-0.3, -0.25) is 9.78 Å². The lowest BCUT2D eigenvalue weighted by Crippen LogP contribution is -2.28. The second-order valence-corrected chi connectivity index (χ2v) is 6.10. The third-order valence-corrected chi connectivity index (χ3v) is 4.61. The number of benzene rings is 1. The molecule has 1 heterocycles. The molecule has 7 heteroatoms. The van der Waals surface area contributed by atoms with Crippen LogP contribution in [0.4, 0.5) is 22.0 Å². The van der Waals surface area contributed by atoms with Crippen molar-refractivity contribution >= 4 is 5.78 Å². The van der Waals surface area contributed by atoms with Crippen LogP contribution in [0.1, 0.15) is 46.8 Å². The Labute approximate surface area is 140 Å². The van der Waals surface area contributed by atoms with Gasteiger partial charge in [0.25, 0.3) is 0 Å². The molecule has 2 atom stereocenters. The highest BCUT2D eigenvalue weighted by atomic mass is 19.4. The Hall–Kier alpha value is -2.31. The topological polar surface area (TPSA) is 30.0 Å². The molecule has 1 saturated carbocycles. The molecule has 25 heavy (non-hydrogen) atoms. The first-order valence-electron chi connectivity index (χ1n) is 7.78. The average Bonchev–Trinajstić information content (AvgIpc) is 2.54. The van der Waals surface area contributed by atoms with Crippen molar-refractivity contribution in [2.45, 2.75) is 31.4 Å². The van der Waals surface area contributed by atoms with E-state index in [1.54, 1.807) is 0 Å². The molecule has 1 aliphatic carbocycles. The first kappa shape index (κ1) is 17.5. The van der Waals surface area contributed by atoms with Crippen LogP contribution in [0.15, 0.2) is 36.5 Å². The monoisotopic (exact) mass is 355 g/mol. The van der Waals surface area contributed by atoms with Crippen LogP contribution in [0.2, 0.25) is 0 Å². The Bertz CT molecular complexity index is 782. The smallest absolute Gasteiger partial charge is 0.294 e. The van der Waals surface area contributed by atoms with Gasteiger partial charge < -0.3 is 0 Å². The predicted octanol–water partition coefficient (Wildman–Crippen LogP) is 5.15. The Morgan fingerprint density at radius 2 is 1.76 bits per heavy atom. The van der Waals surface area contributed by atoms with Crippen molar-refractivity contribution in [3.63, 3.8) is 0 Å². The molecule has 1 fully saturated rings. The fourth-order valence-corrected chi connectivity index (χ4v) is 3.26. The van der Waals surface area contributed by atoms with Gasteiger partial charge in [-0.15, -0.1) is 0 Å². The van der Waals surface area contributed by atoms with Crippen LogP contribution in [0, 0.1) is 17.6 Å².